The van der Waals surface area contributed by atoms with Gasteiger partial charge >= 0.3 is 11.9 Å². The van der Waals surface area contributed by atoms with Gasteiger partial charge in [-0.15, -0.1) is 0 Å². The fraction of sp³-hybridized carbons (Fsp3) is 0.314. The summed E-state index contributed by atoms with van der Waals surface area (Å²) in [6.07, 6.45) is 5.71. The molecule has 12 heterocycles. The zero-order valence-corrected chi connectivity index (χ0v) is 79.3. The van der Waals surface area contributed by atoms with Crippen LogP contribution in [0.3, 0.4) is 0 Å². The van der Waals surface area contributed by atoms with Crippen molar-refractivity contribution in [2.45, 2.75) is 110 Å². The van der Waals surface area contributed by atoms with Crippen LogP contribution in [0.4, 0.5) is 17.6 Å². The van der Waals surface area contributed by atoms with Gasteiger partial charge in [0.2, 0.25) is 0 Å². The minimum absolute atomic E-state index is 0.0236. The summed E-state index contributed by atoms with van der Waals surface area (Å²) < 4.78 is 107. The summed E-state index contributed by atoms with van der Waals surface area (Å²) in [7, 11) is 6.87. The third-order valence-electron chi connectivity index (χ3n) is 24.4. The first kappa shape index (κ1) is 102. The minimum atomic E-state index is -0.921. The van der Waals surface area contributed by atoms with Gasteiger partial charge in [0.1, 0.15) is 116 Å². The number of hydrogen-bond donors (Lipinski definition) is 7. The lowest BCUT2D eigenvalue weighted by Crippen LogP contribution is -2.43. The summed E-state index contributed by atoms with van der Waals surface area (Å²) in [6.45, 7) is 7.59. The molecule has 14 aromatic rings. The molecule has 0 fully saturated rings. The van der Waals surface area contributed by atoms with E-state index in [0.29, 0.717) is 138 Å². The lowest BCUT2D eigenvalue weighted by molar-refractivity contribution is 0.0508. The van der Waals surface area contributed by atoms with Crippen LogP contribution in [0, 0.1) is 23.3 Å². The lowest BCUT2D eigenvalue weighted by atomic mass is 10.0. The van der Waals surface area contributed by atoms with Crippen LogP contribution in [0.1, 0.15) is 118 Å². The summed E-state index contributed by atoms with van der Waals surface area (Å²) in [5.41, 5.74) is 6.35. The molecule has 38 heteroatoms. The molecule has 6 aromatic carbocycles. The van der Waals surface area contributed by atoms with Crippen molar-refractivity contribution in [3.05, 3.63) is 325 Å². The maximum absolute atomic E-state index is 14.0. The maximum atomic E-state index is 14.0. The van der Waals surface area contributed by atoms with E-state index in [1.54, 1.807) is 74.8 Å². The van der Waals surface area contributed by atoms with E-state index in [2.05, 4.69) is 25.3 Å². The average molecular weight is 1960 g/mol. The normalized spacial score (nSPS) is 14.6. The van der Waals surface area contributed by atoms with Gasteiger partial charge in [-0.3, -0.25) is 67.0 Å². The van der Waals surface area contributed by atoms with E-state index in [0.717, 1.165) is 33.4 Å². The van der Waals surface area contributed by atoms with Crippen LogP contribution in [0.15, 0.2) is 202 Å². The number of aromatic nitrogens is 8. The number of nitrogens with one attached hydrogen (secondary N) is 1. The number of esters is 2. The number of aromatic hydroxyl groups is 2. The standard InChI is InChI=1S/C31H32FN3O6.C27H23FN2O5.C24H26FN3O6.C23H25FN4O5/c1-3-39-31(38)25-29(40-19-21-7-5-4-6-8-21)26-27-28(22(16-33-26)15-20-9-11-23(32)12-10-20)41-24(17-34(2)13-14-36)18-35(27)30(25)37;1-16(32)22-26(34-15-18-5-3-2-4-6-18)23-24-25(35-21(14-31)13-30(24)27(22)33)19(12-29-23)11-17-7-9-20(28)10-8-17;1-3-33-24(32)18-21(30)19-20-22(15(11-26-19)10-14-4-6-16(25)7-5-14)34-17(12-27(2)8-9-29)13-28(20)23(18)31;1-25-22(31)17-20(30)18-19-21(14(10-26-18)9-13-3-5-15(24)6-4-13)33-16(11-27(2)7-8-29)12-28(19)23(17)32/h4-12,16,24,36H,3,13-15,17-19H2,1-2H3;2-10,12,21,31H,11,13-15H2,1H3;4-7,11,17,29-30H,3,8-10,12-13H2,1-2H3;3-6,10,16,29-30H,7-9,11-12H2,1-2H3,(H,25,31)/t24-;21-;17-;16-/m1011/s1. The first-order valence-corrected chi connectivity index (χ1v) is 46.3. The number of ether oxygens (including phenoxy) is 8. The number of ketones is 1. The van der Waals surface area contributed by atoms with Crippen LogP contribution in [-0.2, 0) is 74.5 Å². The van der Waals surface area contributed by atoms with Crippen molar-refractivity contribution >= 4 is 67.8 Å². The number of carbonyl (C=O) groups excluding carboxylic acids is 4. The number of benzene rings is 6. The maximum Gasteiger partial charge on any atom is 0.347 e. The number of pyridine rings is 8. The Morgan fingerprint density at radius 3 is 1.01 bits per heavy atom. The highest BCUT2D eigenvalue weighted by Crippen LogP contribution is 2.44. The fourth-order valence-corrected chi connectivity index (χ4v) is 17.6. The molecule has 34 nitrogen and oxygen atoms in total. The lowest BCUT2D eigenvalue weighted by Gasteiger charge is -2.32. The molecule has 1 amide bonds. The third-order valence-corrected chi connectivity index (χ3v) is 24.4. The first-order valence-electron chi connectivity index (χ1n) is 46.3. The van der Waals surface area contributed by atoms with Crippen molar-refractivity contribution in [2.24, 2.45) is 0 Å². The van der Waals surface area contributed by atoms with Gasteiger partial charge in [-0.1, -0.05) is 109 Å². The number of hydrogen-bond acceptors (Lipinski definition) is 29. The number of amides is 1. The number of aliphatic hydroxyl groups is 4. The number of Topliss-reactive ketones (excluding diaryl/α,β-unsaturated/α-hetero) is 1. The van der Waals surface area contributed by atoms with Gasteiger partial charge in [0.15, 0.2) is 62.9 Å². The molecule has 0 saturated heterocycles. The van der Waals surface area contributed by atoms with E-state index in [4.69, 9.17) is 37.9 Å². The van der Waals surface area contributed by atoms with Crippen molar-refractivity contribution in [1.82, 2.24) is 58.2 Å². The Bertz CT molecular complexity index is 7310. The molecular formula is C105H106F4N12O22. The average Bonchev–Trinajstić information content (AvgIpc) is 0.738. The summed E-state index contributed by atoms with van der Waals surface area (Å²) in [4.78, 5) is 128. The van der Waals surface area contributed by atoms with Crippen LogP contribution in [0.5, 0.6) is 46.0 Å². The minimum Gasteiger partial charge on any atom is -0.505 e. The van der Waals surface area contributed by atoms with Crippen molar-refractivity contribution in [3.8, 4) is 46.0 Å². The fourth-order valence-electron chi connectivity index (χ4n) is 17.6. The van der Waals surface area contributed by atoms with E-state index in [-0.39, 0.29) is 147 Å². The largest absolute Gasteiger partial charge is 0.505 e. The van der Waals surface area contributed by atoms with Crippen LogP contribution in [0.25, 0.3) is 44.1 Å². The molecule has 0 spiro atoms. The highest BCUT2D eigenvalue weighted by atomic mass is 19.1. The molecular weight excluding hydrogens is 1860 g/mol. The molecule has 7 N–H and O–H groups in total. The molecule has 0 bridgehead atoms. The SMILES string of the molecule is CC(=O)c1c(OCc2ccccc2)c2ncc(Cc3ccc(F)cc3)c3c2n(c1=O)C[C@@H](CO)O3.CCOC(=O)c1c(O)c2ncc(Cc3ccc(F)cc3)c3c2n(c1=O)C[C@@H](CN(C)CCO)O3.CCOC(=O)c1c(OCc2ccccc2)c2ncc(Cc3ccc(F)cc3)c3c2n(c1=O)C[C@@H](CN(C)CCO)O3.CNC(=O)c1c(O)c2ncc(Cc3ccc(F)cc3)c3c2n(c1=O)C[C@@H](CN(C)CCO)O3. The first-order chi connectivity index (χ1) is 69.0. The Kier molecular flexibility index (Phi) is 32.8. The quantitative estimate of drug-likeness (QED) is 0.0114. The van der Waals surface area contributed by atoms with Gasteiger partial charge in [-0.25, -0.2) is 27.2 Å². The summed E-state index contributed by atoms with van der Waals surface area (Å²) in [5.74, 6) is -3.54. The highest BCUT2D eigenvalue weighted by Gasteiger charge is 2.39. The van der Waals surface area contributed by atoms with E-state index in [1.165, 1.54) is 93.2 Å². The van der Waals surface area contributed by atoms with Crippen molar-refractivity contribution in [3.63, 3.8) is 0 Å². The van der Waals surface area contributed by atoms with E-state index < -0.39 is 87.3 Å². The second-order valence-corrected chi connectivity index (χ2v) is 34.7. The second kappa shape index (κ2) is 45.9. The molecule has 0 radical (unpaired) electrons. The number of rotatable bonds is 33. The summed E-state index contributed by atoms with van der Waals surface area (Å²) >= 11 is 0. The Balaban J connectivity index is 0.000000144. The molecule has 0 unspecified atom stereocenters. The molecule has 0 saturated carbocycles. The highest BCUT2D eigenvalue weighted by molar-refractivity contribution is 6.05. The monoisotopic (exact) mass is 1960 g/mol. The molecule has 4 atom stereocenters. The van der Waals surface area contributed by atoms with Gasteiger partial charge in [-0.05, 0) is 124 Å². The number of halogens is 4. The molecule has 8 aromatic heterocycles. The molecule has 0 aliphatic carbocycles. The van der Waals surface area contributed by atoms with Crippen LogP contribution in [0.2, 0.25) is 0 Å². The zero-order chi connectivity index (χ0) is 102. The Labute approximate surface area is 815 Å². The van der Waals surface area contributed by atoms with Crippen LogP contribution < -0.4 is 56.0 Å². The predicted octanol–water partition coefficient (Wildman–Crippen LogP) is 9.80. The van der Waals surface area contributed by atoms with Crippen molar-refractivity contribution < 1.29 is 105 Å². The molecule has 746 valence electrons. The molecule has 18 rings (SSSR count). The van der Waals surface area contributed by atoms with Gasteiger partial charge in [0.05, 0.1) is 65.8 Å². The number of aliphatic hydroxyl groups excluding tert-OH is 4. The topological polar surface area (TPSA) is 425 Å². The van der Waals surface area contributed by atoms with E-state index in [1.807, 2.05) is 96.5 Å². The van der Waals surface area contributed by atoms with Gasteiger partial charge in [0.25, 0.3) is 28.1 Å². The van der Waals surface area contributed by atoms with Crippen LogP contribution >= 0.6 is 0 Å². The van der Waals surface area contributed by atoms with Crippen LogP contribution in [-0.4, -0.2) is 239 Å². The molecule has 4 aliphatic heterocycles. The van der Waals surface area contributed by atoms with Crippen molar-refractivity contribution in [1.29, 1.82) is 0 Å². The number of nitrogens with zero attached hydrogens (tertiary/aromatic N) is 11. The van der Waals surface area contributed by atoms with E-state index >= 15 is 0 Å². The summed E-state index contributed by atoms with van der Waals surface area (Å²) in [6, 6.07) is 43.1. The van der Waals surface area contributed by atoms with Gasteiger partial charge < -0.3 is 88.6 Å². The molecule has 4 aliphatic rings. The molecule has 143 heavy (non-hydrogen) atoms. The summed E-state index contributed by atoms with van der Waals surface area (Å²) in [5, 5.41) is 61.6. The smallest absolute Gasteiger partial charge is 0.347 e. The van der Waals surface area contributed by atoms with E-state index in [9.17, 15) is 86.6 Å². The third kappa shape index (κ3) is 22.8. The number of likely N-dealkylation sites (N-methyl/N-ethyl adjacent to an activating group) is 3. The Hall–Kier alpha value is -15.3. The Morgan fingerprint density at radius 1 is 0.399 bits per heavy atom. The van der Waals surface area contributed by atoms with Crippen molar-refractivity contribution in [2.75, 3.05) is 107 Å². The number of carbonyl (C=O) groups is 4. The van der Waals surface area contributed by atoms with Gasteiger partial charge in [0, 0.05) is 119 Å². The van der Waals surface area contributed by atoms with Gasteiger partial charge in [-0.2, -0.15) is 0 Å². The second-order valence-electron chi connectivity index (χ2n) is 34.7. The predicted molar refractivity (Wildman–Crippen MR) is 520 cm³/mol. The zero-order valence-electron chi connectivity index (χ0n) is 79.3. The Morgan fingerprint density at radius 2 is 0.685 bits per heavy atom.